The summed E-state index contributed by atoms with van der Waals surface area (Å²) < 4.78 is 12.8. The monoisotopic (exact) mass is 263 g/mol. The molecule has 0 amide bonds. The van der Waals surface area contributed by atoms with E-state index in [2.05, 4.69) is 10.2 Å². The van der Waals surface area contributed by atoms with Crippen LogP contribution in [0.3, 0.4) is 0 Å². The standard InChI is InChI=1S/C13H14FN3S/c1-8-9(2)16-17-13(12(8)7-15)18-11-5-3-10(14)4-6-11/h3-6H,7,15H2,1-2H3. The van der Waals surface area contributed by atoms with Crippen LogP contribution in [0.2, 0.25) is 0 Å². The van der Waals surface area contributed by atoms with Crippen LogP contribution in [0.25, 0.3) is 0 Å². The van der Waals surface area contributed by atoms with Crippen molar-refractivity contribution in [3.8, 4) is 0 Å². The first kappa shape index (κ1) is 13.0. The second-order valence-electron chi connectivity index (χ2n) is 3.95. The number of hydrogen-bond acceptors (Lipinski definition) is 4. The summed E-state index contributed by atoms with van der Waals surface area (Å²) in [5, 5.41) is 9.05. The van der Waals surface area contributed by atoms with E-state index < -0.39 is 0 Å². The zero-order valence-electron chi connectivity index (χ0n) is 10.3. The lowest BCUT2D eigenvalue weighted by molar-refractivity contribution is 0.626. The van der Waals surface area contributed by atoms with Crippen molar-refractivity contribution in [1.82, 2.24) is 10.2 Å². The molecule has 0 aliphatic carbocycles. The molecule has 0 aliphatic rings. The summed E-state index contributed by atoms with van der Waals surface area (Å²) in [5.74, 6) is -0.246. The Morgan fingerprint density at radius 1 is 1.17 bits per heavy atom. The van der Waals surface area contributed by atoms with Crippen LogP contribution < -0.4 is 5.73 Å². The summed E-state index contributed by atoms with van der Waals surface area (Å²) in [4.78, 5) is 0.920. The van der Waals surface area contributed by atoms with Crippen LogP contribution in [0.4, 0.5) is 4.39 Å². The molecule has 2 aromatic rings. The smallest absolute Gasteiger partial charge is 0.128 e. The highest BCUT2D eigenvalue weighted by atomic mass is 32.2. The average molecular weight is 263 g/mol. The van der Waals surface area contributed by atoms with Gasteiger partial charge in [-0.15, -0.1) is 5.10 Å². The highest BCUT2D eigenvalue weighted by Crippen LogP contribution is 2.30. The van der Waals surface area contributed by atoms with Gasteiger partial charge in [-0.25, -0.2) is 4.39 Å². The molecule has 1 aromatic carbocycles. The lowest BCUT2D eigenvalue weighted by Gasteiger charge is -2.10. The second kappa shape index (κ2) is 5.46. The molecule has 2 N–H and O–H groups in total. The van der Waals surface area contributed by atoms with E-state index in [1.54, 1.807) is 12.1 Å². The number of aryl methyl sites for hydroxylation is 1. The molecule has 1 heterocycles. The van der Waals surface area contributed by atoms with E-state index in [1.165, 1.54) is 23.9 Å². The summed E-state index contributed by atoms with van der Waals surface area (Å²) in [5.41, 5.74) is 8.71. The van der Waals surface area contributed by atoms with Crippen LogP contribution in [0.5, 0.6) is 0 Å². The van der Waals surface area contributed by atoms with Gasteiger partial charge in [-0.3, -0.25) is 0 Å². The molecule has 0 saturated carbocycles. The number of hydrogen-bond donors (Lipinski definition) is 1. The molecule has 1 aromatic heterocycles. The molecule has 5 heteroatoms. The summed E-state index contributed by atoms with van der Waals surface area (Å²) in [6, 6.07) is 6.30. The van der Waals surface area contributed by atoms with E-state index in [4.69, 9.17) is 5.73 Å². The molecule has 0 radical (unpaired) electrons. The third-order valence-electron chi connectivity index (χ3n) is 2.78. The third-order valence-corrected chi connectivity index (χ3v) is 3.81. The van der Waals surface area contributed by atoms with Crippen LogP contribution in [-0.4, -0.2) is 10.2 Å². The highest BCUT2D eigenvalue weighted by molar-refractivity contribution is 7.99. The summed E-state index contributed by atoms with van der Waals surface area (Å²) >= 11 is 1.45. The fourth-order valence-electron chi connectivity index (χ4n) is 1.57. The SMILES string of the molecule is Cc1nnc(Sc2ccc(F)cc2)c(CN)c1C. The predicted molar refractivity (Wildman–Crippen MR) is 69.9 cm³/mol. The van der Waals surface area contributed by atoms with E-state index >= 15 is 0 Å². The normalized spacial score (nSPS) is 10.7. The molecule has 0 fully saturated rings. The van der Waals surface area contributed by atoms with Crippen LogP contribution in [-0.2, 0) is 6.54 Å². The van der Waals surface area contributed by atoms with Gasteiger partial charge < -0.3 is 5.73 Å². The third kappa shape index (κ3) is 2.68. The second-order valence-corrected chi connectivity index (χ2v) is 5.02. The molecule has 2 rings (SSSR count). The molecule has 18 heavy (non-hydrogen) atoms. The molecular formula is C13H14FN3S. The number of nitrogens with two attached hydrogens (primary N) is 1. The van der Waals surface area contributed by atoms with E-state index in [0.29, 0.717) is 6.54 Å². The van der Waals surface area contributed by atoms with E-state index in [-0.39, 0.29) is 5.82 Å². The zero-order valence-corrected chi connectivity index (χ0v) is 11.1. The minimum absolute atomic E-state index is 0.246. The van der Waals surface area contributed by atoms with Crippen LogP contribution in [0, 0.1) is 19.7 Å². The highest BCUT2D eigenvalue weighted by Gasteiger charge is 2.11. The van der Waals surface area contributed by atoms with E-state index in [9.17, 15) is 4.39 Å². The molecule has 0 aliphatic heterocycles. The Kier molecular flexibility index (Phi) is 3.93. The van der Waals surface area contributed by atoms with Crippen molar-refractivity contribution in [3.05, 3.63) is 46.9 Å². The topological polar surface area (TPSA) is 51.8 Å². The van der Waals surface area contributed by atoms with Gasteiger partial charge in [0.1, 0.15) is 10.8 Å². The van der Waals surface area contributed by atoms with E-state index in [0.717, 1.165) is 26.7 Å². The summed E-state index contributed by atoms with van der Waals surface area (Å²) in [6.07, 6.45) is 0. The van der Waals surface area contributed by atoms with Gasteiger partial charge in [0, 0.05) is 17.0 Å². The average Bonchev–Trinajstić information content (AvgIpc) is 2.37. The number of rotatable bonds is 3. The largest absolute Gasteiger partial charge is 0.326 e. The maximum Gasteiger partial charge on any atom is 0.128 e. The summed E-state index contributed by atoms with van der Waals surface area (Å²) in [7, 11) is 0. The van der Waals surface area contributed by atoms with Crippen LogP contribution in [0.15, 0.2) is 34.2 Å². The number of halogens is 1. The van der Waals surface area contributed by atoms with Crippen LogP contribution in [0.1, 0.15) is 16.8 Å². The maximum atomic E-state index is 12.8. The lowest BCUT2D eigenvalue weighted by atomic mass is 10.1. The van der Waals surface area contributed by atoms with Crippen molar-refractivity contribution in [1.29, 1.82) is 0 Å². The predicted octanol–water partition coefficient (Wildman–Crippen LogP) is 2.84. The Hall–Kier alpha value is -1.46. The van der Waals surface area contributed by atoms with Gasteiger partial charge in [-0.05, 0) is 43.7 Å². The molecule has 3 nitrogen and oxygen atoms in total. The molecule has 94 valence electrons. The zero-order chi connectivity index (χ0) is 13.1. The van der Waals surface area contributed by atoms with Crippen LogP contribution >= 0.6 is 11.8 Å². The first-order chi connectivity index (χ1) is 8.61. The Labute approximate surface area is 110 Å². The quantitative estimate of drug-likeness (QED) is 0.925. The maximum absolute atomic E-state index is 12.8. The van der Waals surface area contributed by atoms with Gasteiger partial charge in [0.25, 0.3) is 0 Å². The molecule has 0 atom stereocenters. The lowest BCUT2D eigenvalue weighted by Crippen LogP contribution is -2.06. The first-order valence-corrected chi connectivity index (χ1v) is 6.39. The van der Waals surface area contributed by atoms with Gasteiger partial charge in [-0.1, -0.05) is 11.8 Å². The van der Waals surface area contributed by atoms with Gasteiger partial charge in [0.15, 0.2) is 0 Å². The van der Waals surface area contributed by atoms with Crippen molar-refractivity contribution >= 4 is 11.8 Å². The van der Waals surface area contributed by atoms with Gasteiger partial charge >= 0.3 is 0 Å². The Balaban J connectivity index is 2.34. The van der Waals surface area contributed by atoms with Crippen molar-refractivity contribution in [2.45, 2.75) is 30.3 Å². The fraction of sp³-hybridized carbons (Fsp3) is 0.231. The number of nitrogens with zero attached hydrogens (tertiary/aromatic N) is 2. The Morgan fingerprint density at radius 2 is 1.83 bits per heavy atom. The number of aromatic nitrogens is 2. The van der Waals surface area contributed by atoms with E-state index in [1.807, 2.05) is 13.8 Å². The summed E-state index contributed by atoms with van der Waals surface area (Å²) in [6.45, 7) is 4.32. The molecule has 0 unspecified atom stereocenters. The minimum Gasteiger partial charge on any atom is -0.326 e. The molecule has 0 spiro atoms. The van der Waals surface area contributed by atoms with Crippen molar-refractivity contribution < 1.29 is 4.39 Å². The molecule has 0 saturated heterocycles. The molecular weight excluding hydrogens is 249 g/mol. The van der Waals surface area contributed by atoms with Crippen molar-refractivity contribution in [2.75, 3.05) is 0 Å². The molecule has 0 bridgehead atoms. The van der Waals surface area contributed by atoms with Gasteiger partial charge in [0.05, 0.1) is 5.69 Å². The van der Waals surface area contributed by atoms with Gasteiger partial charge in [0.2, 0.25) is 0 Å². The Morgan fingerprint density at radius 3 is 2.44 bits per heavy atom. The van der Waals surface area contributed by atoms with Crippen molar-refractivity contribution in [3.63, 3.8) is 0 Å². The first-order valence-electron chi connectivity index (χ1n) is 5.58. The number of benzene rings is 1. The fourth-order valence-corrected chi connectivity index (χ4v) is 2.51. The van der Waals surface area contributed by atoms with Crippen molar-refractivity contribution in [2.24, 2.45) is 5.73 Å². The van der Waals surface area contributed by atoms with Gasteiger partial charge in [-0.2, -0.15) is 5.10 Å². The minimum atomic E-state index is -0.246. The Bertz CT molecular complexity index is 555.